The minimum absolute atomic E-state index is 0.429. The van der Waals surface area contributed by atoms with Gasteiger partial charge in [-0.15, -0.1) is 23.3 Å². The Morgan fingerprint density at radius 3 is 2.10 bits per heavy atom. The molecule has 0 radical (unpaired) electrons. The van der Waals surface area contributed by atoms with Gasteiger partial charge < -0.3 is 10.8 Å². The third-order valence-corrected chi connectivity index (χ3v) is 1.02. The largest absolute Gasteiger partial charge is 0.480 e. The maximum absolute atomic E-state index is 9.93. The number of hydrogen-bond donors (Lipinski definition) is 5. The zero-order valence-electron chi connectivity index (χ0n) is 5.27. The van der Waals surface area contributed by atoms with E-state index in [9.17, 15) is 4.79 Å². The molecular formula is C4H11NO2S3. The van der Waals surface area contributed by atoms with E-state index < -0.39 is 12.0 Å². The molecule has 6 heteroatoms. The van der Waals surface area contributed by atoms with Crippen molar-refractivity contribution in [1.29, 1.82) is 0 Å². The van der Waals surface area contributed by atoms with Gasteiger partial charge in [-0.3, -0.25) is 4.79 Å². The van der Waals surface area contributed by atoms with E-state index in [0.29, 0.717) is 12.2 Å². The molecule has 0 heterocycles. The smallest absolute Gasteiger partial charge is 0.320 e. The fourth-order valence-electron chi connectivity index (χ4n) is 0.263. The summed E-state index contributed by atoms with van der Waals surface area (Å²) in [7, 11) is 0. The van der Waals surface area contributed by atoms with Crippen LogP contribution in [0.3, 0.4) is 0 Å². The van der Waals surface area contributed by atoms with E-state index >= 15 is 0 Å². The van der Waals surface area contributed by atoms with Gasteiger partial charge in [0.1, 0.15) is 6.04 Å². The van der Waals surface area contributed by atoms with Gasteiger partial charge in [0.05, 0.1) is 0 Å². The molecule has 3 nitrogen and oxygen atoms in total. The molecule has 0 amide bonds. The van der Waals surface area contributed by atoms with Crippen LogP contribution in [0.15, 0.2) is 0 Å². The molecule has 0 rings (SSSR count). The Labute approximate surface area is 76.0 Å². The molecule has 0 aromatic heterocycles. The number of rotatable bonds is 3. The summed E-state index contributed by atoms with van der Waals surface area (Å²) in [6.07, 6.45) is 0.429. The van der Waals surface area contributed by atoms with Gasteiger partial charge in [0.25, 0.3) is 0 Å². The second kappa shape index (κ2) is 9.48. The second-order valence-electron chi connectivity index (χ2n) is 1.46. The van der Waals surface area contributed by atoms with Crippen molar-refractivity contribution in [2.75, 3.05) is 5.75 Å². The van der Waals surface area contributed by atoms with E-state index in [-0.39, 0.29) is 0 Å². The van der Waals surface area contributed by atoms with Crippen LogP contribution >= 0.6 is 36.0 Å². The molecule has 0 saturated carbocycles. The maximum atomic E-state index is 9.93. The highest BCUT2D eigenvalue weighted by molar-refractivity contribution is 8.59. The lowest BCUT2D eigenvalue weighted by atomic mass is 10.2. The van der Waals surface area contributed by atoms with Crippen molar-refractivity contribution in [2.45, 2.75) is 12.5 Å². The van der Waals surface area contributed by atoms with Crippen LogP contribution in [0.5, 0.6) is 0 Å². The SMILES string of the molecule is N[C@@H](CCS)C(=O)O.SS. The summed E-state index contributed by atoms with van der Waals surface area (Å²) in [6, 6.07) is -0.743. The molecule has 0 aliphatic heterocycles. The highest BCUT2D eigenvalue weighted by Crippen LogP contribution is 1.88. The van der Waals surface area contributed by atoms with E-state index in [4.69, 9.17) is 10.8 Å². The summed E-state index contributed by atoms with van der Waals surface area (Å²) in [4.78, 5) is 9.93. The van der Waals surface area contributed by atoms with Crippen molar-refractivity contribution in [3.63, 3.8) is 0 Å². The van der Waals surface area contributed by atoms with Crippen LogP contribution in [0, 0.1) is 0 Å². The monoisotopic (exact) mass is 201 g/mol. The Morgan fingerprint density at radius 1 is 1.60 bits per heavy atom. The third-order valence-electron chi connectivity index (χ3n) is 0.757. The van der Waals surface area contributed by atoms with Crippen LogP contribution in [0.1, 0.15) is 6.42 Å². The van der Waals surface area contributed by atoms with Crippen LogP contribution < -0.4 is 5.73 Å². The van der Waals surface area contributed by atoms with Crippen molar-refractivity contribution < 1.29 is 9.90 Å². The average Bonchev–Trinajstić information content (AvgIpc) is 1.93. The van der Waals surface area contributed by atoms with Gasteiger partial charge in [0.2, 0.25) is 0 Å². The number of carboxylic acids is 1. The third kappa shape index (κ3) is 8.48. The fraction of sp³-hybridized carbons (Fsp3) is 0.750. The summed E-state index contributed by atoms with van der Waals surface area (Å²) < 4.78 is 0. The molecule has 0 saturated heterocycles. The first-order valence-electron chi connectivity index (χ1n) is 2.47. The van der Waals surface area contributed by atoms with E-state index in [1.807, 2.05) is 0 Å². The fourth-order valence-corrected chi connectivity index (χ4v) is 0.541. The number of carboxylic acid groups (broad SMARTS) is 1. The molecule has 0 aromatic rings. The number of thiol groups is 3. The van der Waals surface area contributed by atoms with E-state index in [1.54, 1.807) is 0 Å². The average molecular weight is 201 g/mol. The zero-order chi connectivity index (χ0) is 8.57. The standard InChI is InChI=1S/C4H9NO2S.H2S2/c5-3(1-2-8)4(6)7;1-2/h3,8H,1-2,5H2,(H,6,7);1-2H/t3-;/m0./s1. The Morgan fingerprint density at radius 2 is 2.00 bits per heavy atom. The van der Waals surface area contributed by atoms with Crippen LogP contribution in [-0.2, 0) is 4.79 Å². The van der Waals surface area contributed by atoms with Gasteiger partial charge in [0.15, 0.2) is 0 Å². The molecule has 0 spiro atoms. The Kier molecular flexibility index (Phi) is 12.4. The molecule has 0 fully saturated rings. The first kappa shape index (κ1) is 13.1. The molecule has 3 N–H and O–H groups in total. The Bertz CT molecular complexity index is 90.6. The number of carbonyl (C=O) groups is 1. The van der Waals surface area contributed by atoms with Gasteiger partial charge >= 0.3 is 5.97 Å². The topological polar surface area (TPSA) is 63.3 Å². The minimum Gasteiger partial charge on any atom is -0.480 e. The summed E-state index contributed by atoms with van der Waals surface area (Å²) in [5.41, 5.74) is 5.08. The van der Waals surface area contributed by atoms with Crippen LogP contribution in [0.4, 0.5) is 0 Å². The van der Waals surface area contributed by atoms with Crippen molar-refractivity contribution in [2.24, 2.45) is 5.73 Å². The van der Waals surface area contributed by atoms with Crippen LogP contribution in [0.2, 0.25) is 0 Å². The zero-order valence-corrected chi connectivity index (χ0v) is 7.95. The first-order chi connectivity index (χ1) is 4.68. The molecule has 0 unspecified atom stereocenters. The van der Waals surface area contributed by atoms with Crippen LogP contribution in [0.25, 0.3) is 0 Å². The molecule has 0 aromatic carbocycles. The van der Waals surface area contributed by atoms with Gasteiger partial charge in [-0.2, -0.15) is 12.6 Å². The molecule has 0 bridgehead atoms. The predicted octanol–water partition coefficient (Wildman–Crippen LogP) is 0.479. The lowest BCUT2D eigenvalue weighted by Gasteiger charge is -2.00. The van der Waals surface area contributed by atoms with E-state index in [2.05, 4.69) is 36.0 Å². The predicted molar refractivity (Wildman–Crippen MR) is 52.1 cm³/mol. The second-order valence-corrected chi connectivity index (χ2v) is 1.90. The summed E-state index contributed by atoms with van der Waals surface area (Å²) >= 11 is 10.3. The summed E-state index contributed by atoms with van der Waals surface area (Å²) in [6.45, 7) is 0. The lowest BCUT2D eigenvalue weighted by Crippen LogP contribution is -2.30. The molecular weight excluding hydrogens is 190 g/mol. The van der Waals surface area contributed by atoms with Crippen molar-refractivity contribution in [3.8, 4) is 0 Å². The van der Waals surface area contributed by atoms with Gasteiger partial charge in [-0.1, -0.05) is 0 Å². The highest BCUT2D eigenvalue weighted by Gasteiger charge is 2.08. The number of nitrogens with two attached hydrogens (primary N) is 1. The molecule has 62 valence electrons. The maximum Gasteiger partial charge on any atom is 0.320 e. The van der Waals surface area contributed by atoms with Crippen molar-refractivity contribution in [1.82, 2.24) is 0 Å². The van der Waals surface area contributed by atoms with Crippen LogP contribution in [-0.4, -0.2) is 22.9 Å². The normalized spacial score (nSPS) is 11.2. The molecule has 0 aliphatic rings. The van der Waals surface area contributed by atoms with Gasteiger partial charge in [-0.05, 0) is 12.2 Å². The first-order valence-corrected chi connectivity index (χ1v) is 4.71. The van der Waals surface area contributed by atoms with Crippen molar-refractivity contribution >= 4 is 41.9 Å². The number of hydrogen-bond acceptors (Lipinski definition) is 5. The summed E-state index contributed by atoms with van der Waals surface area (Å²) in [5, 5.41) is 8.15. The Hall–Kier alpha value is 0.480. The number of aliphatic carboxylic acids is 1. The van der Waals surface area contributed by atoms with Gasteiger partial charge in [-0.25, -0.2) is 0 Å². The van der Waals surface area contributed by atoms with Crippen molar-refractivity contribution in [3.05, 3.63) is 0 Å². The lowest BCUT2D eigenvalue weighted by molar-refractivity contribution is -0.138. The Balaban J connectivity index is 0. The molecule has 1 atom stereocenters. The molecule has 10 heavy (non-hydrogen) atoms. The minimum atomic E-state index is -0.959. The van der Waals surface area contributed by atoms with Gasteiger partial charge in [0, 0.05) is 0 Å². The van der Waals surface area contributed by atoms with E-state index in [0.717, 1.165) is 0 Å². The summed E-state index contributed by atoms with van der Waals surface area (Å²) in [5.74, 6) is -0.438. The molecule has 0 aliphatic carbocycles. The van der Waals surface area contributed by atoms with E-state index in [1.165, 1.54) is 0 Å². The highest BCUT2D eigenvalue weighted by atomic mass is 33.1. The quantitative estimate of drug-likeness (QED) is 0.341.